The molecule has 7 heteroatoms. The van der Waals surface area contributed by atoms with Gasteiger partial charge >= 0.3 is 0 Å². The lowest BCUT2D eigenvalue weighted by atomic mass is 10.3. The highest BCUT2D eigenvalue weighted by Crippen LogP contribution is 2.16. The summed E-state index contributed by atoms with van der Waals surface area (Å²) in [6.45, 7) is 4.38. The zero-order valence-corrected chi connectivity index (χ0v) is 11.3. The molecule has 0 saturated carbocycles. The molecular formula is C11H15N5OS. The predicted octanol–water partition coefficient (Wildman–Crippen LogP) is 1.01. The maximum absolute atomic E-state index is 11.9. The summed E-state index contributed by atoms with van der Waals surface area (Å²) < 4.78 is 1.46. The van der Waals surface area contributed by atoms with Crippen molar-refractivity contribution in [3.05, 3.63) is 27.3 Å². The van der Waals surface area contributed by atoms with Crippen LogP contribution in [0.15, 0.2) is 6.20 Å². The number of nitrogens with two attached hydrogens (primary N) is 1. The highest BCUT2D eigenvalue weighted by Gasteiger charge is 2.14. The summed E-state index contributed by atoms with van der Waals surface area (Å²) in [6, 6.07) is 0. The molecule has 0 bridgehead atoms. The summed E-state index contributed by atoms with van der Waals surface area (Å²) in [7, 11) is 1.69. The molecule has 2 heterocycles. The monoisotopic (exact) mass is 265 g/mol. The first-order valence-corrected chi connectivity index (χ1v) is 6.29. The van der Waals surface area contributed by atoms with Crippen LogP contribution in [0.4, 0.5) is 5.82 Å². The van der Waals surface area contributed by atoms with Crippen LogP contribution in [0.3, 0.4) is 0 Å². The van der Waals surface area contributed by atoms with Crippen LogP contribution in [-0.4, -0.2) is 20.7 Å². The van der Waals surface area contributed by atoms with Crippen LogP contribution in [0, 0.1) is 13.8 Å². The quantitative estimate of drug-likeness (QED) is 0.867. The van der Waals surface area contributed by atoms with Crippen LogP contribution in [-0.2, 0) is 13.6 Å². The fourth-order valence-corrected chi connectivity index (χ4v) is 2.36. The largest absolute Gasteiger partial charge is 0.383 e. The number of anilines is 1. The van der Waals surface area contributed by atoms with Crippen molar-refractivity contribution in [2.75, 3.05) is 5.73 Å². The smallest absolute Gasteiger partial charge is 0.257 e. The second-order valence-corrected chi connectivity index (χ2v) is 5.29. The third kappa shape index (κ3) is 2.35. The molecule has 0 aliphatic heterocycles. The number of nitrogens with one attached hydrogen (secondary N) is 1. The van der Waals surface area contributed by atoms with Gasteiger partial charge in [0.2, 0.25) is 0 Å². The molecule has 0 unspecified atom stereocenters. The molecule has 0 aliphatic carbocycles. The molecule has 6 nitrogen and oxygen atoms in total. The molecule has 3 N–H and O–H groups in total. The summed E-state index contributed by atoms with van der Waals surface area (Å²) in [4.78, 5) is 17.4. The van der Waals surface area contributed by atoms with Crippen LogP contribution >= 0.6 is 11.3 Å². The van der Waals surface area contributed by atoms with Crippen LogP contribution in [0.1, 0.15) is 25.9 Å². The minimum atomic E-state index is -0.230. The topological polar surface area (TPSA) is 85.8 Å². The molecule has 2 rings (SSSR count). The van der Waals surface area contributed by atoms with Crippen molar-refractivity contribution in [1.82, 2.24) is 20.1 Å². The van der Waals surface area contributed by atoms with Crippen molar-refractivity contribution in [3.63, 3.8) is 0 Å². The van der Waals surface area contributed by atoms with E-state index in [1.165, 1.54) is 15.8 Å². The Morgan fingerprint density at radius 1 is 1.56 bits per heavy atom. The van der Waals surface area contributed by atoms with E-state index in [9.17, 15) is 4.79 Å². The summed E-state index contributed by atoms with van der Waals surface area (Å²) in [6.07, 6.45) is 1.46. The predicted molar refractivity (Wildman–Crippen MR) is 70.4 cm³/mol. The molecule has 18 heavy (non-hydrogen) atoms. The summed E-state index contributed by atoms with van der Waals surface area (Å²) >= 11 is 1.58. The van der Waals surface area contributed by atoms with E-state index in [0.717, 1.165) is 10.7 Å². The third-order valence-corrected chi connectivity index (χ3v) is 3.78. The SMILES string of the molecule is Cc1nc(CNC(=O)c2cnn(C)c2N)sc1C. The van der Waals surface area contributed by atoms with Gasteiger partial charge in [-0.2, -0.15) is 5.10 Å². The van der Waals surface area contributed by atoms with Crippen molar-refractivity contribution in [3.8, 4) is 0 Å². The van der Waals surface area contributed by atoms with Gasteiger partial charge in [0.05, 0.1) is 18.4 Å². The van der Waals surface area contributed by atoms with E-state index < -0.39 is 0 Å². The van der Waals surface area contributed by atoms with Crippen molar-refractivity contribution in [2.45, 2.75) is 20.4 Å². The number of hydrogen-bond donors (Lipinski definition) is 2. The number of hydrogen-bond acceptors (Lipinski definition) is 5. The van der Waals surface area contributed by atoms with Crippen molar-refractivity contribution in [1.29, 1.82) is 0 Å². The number of aryl methyl sites for hydroxylation is 3. The van der Waals surface area contributed by atoms with E-state index in [0.29, 0.717) is 17.9 Å². The van der Waals surface area contributed by atoms with E-state index in [1.54, 1.807) is 18.4 Å². The molecule has 0 aliphatic rings. The van der Waals surface area contributed by atoms with E-state index in [2.05, 4.69) is 15.4 Å². The maximum atomic E-state index is 11.9. The molecule has 0 spiro atoms. The Balaban J connectivity index is 2.02. The standard InChI is InChI=1S/C11H15N5OS/c1-6-7(2)18-9(15-6)5-13-11(17)8-4-14-16(3)10(8)12/h4H,5,12H2,1-3H3,(H,13,17). The fraction of sp³-hybridized carbons (Fsp3) is 0.364. The molecule has 2 aromatic rings. The fourth-order valence-electron chi connectivity index (χ4n) is 1.49. The molecule has 0 fully saturated rings. The van der Waals surface area contributed by atoms with Gasteiger partial charge in [0.15, 0.2) is 0 Å². The van der Waals surface area contributed by atoms with Crippen LogP contribution in [0.2, 0.25) is 0 Å². The van der Waals surface area contributed by atoms with Crippen LogP contribution < -0.4 is 11.1 Å². The number of nitrogen functional groups attached to an aromatic ring is 1. The zero-order chi connectivity index (χ0) is 13.3. The van der Waals surface area contributed by atoms with Gasteiger partial charge in [-0.15, -0.1) is 11.3 Å². The normalized spacial score (nSPS) is 10.6. The second-order valence-electron chi connectivity index (χ2n) is 4.00. The third-order valence-electron chi connectivity index (χ3n) is 2.70. The number of thiazole rings is 1. The zero-order valence-electron chi connectivity index (χ0n) is 10.5. The molecule has 1 amide bonds. The number of rotatable bonds is 3. The van der Waals surface area contributed by atoms with Gasteiger partial charge in [-0.3, -0.25) is 9.48 Å². The van der Waals surface area contributed by atoms with Gasteiger partial charge in [0.1, 0.15) is 16.4 Å². The number of carbonyl (C=O) groups is 1. The van der Waals surface area contributed by atoms with Gasteiger partial charge in [0, 0.05) is 11.9 Å². The van der Waals surface area contributed by atoms with E-state index in [-0.39, 0.29) is 5.91 Å². The first kappa shape index (κ1) is 12.6. The number of aromatic nitrogens is 3. The van der Waals surface area contributed by atoms with Crippen molar-refractivity contribution >= 4 is 23.1 Å². The Labute approximate surface area is 109 Å². The summed E-state index contributed by atoms with van der Waals surface area (Å²) in [5, 5.41) is 7.60. The van der Waals surface area contributed by atoms with Crippen molar-refractivity contribution < 1.29 is 4.79 Å². The second kappa shape index (κ2) is 4.77. The highest BCUT2D eigenvalue weighted by atomic mass is 32.1. The molecular weight excluding hydrogens is 250 g/mol. The Morgan fingerprint density at radius 2 is 2.28 bits per heavy atom. The van der Waals surface area contributed by atoms with E-state index in [1.807, 2.05) is 13.8 Å². The molecule has 0 saturated heterocycles. The molecule has 96 valence electrons. The number of nitrogens with zero attached hydrogens (tertiary/aromatic N) is 3. The van der Waals surface area contributed by atoms with Crippen molar-refractivity contribution in [2.24, 2.45) is 7.05 Å². The summed E-state index contributed by atoms with van der Waals surface area (Å²) in [5.41, 5.74) is 7.12. The lowest BCUT2D eigenvalue weighted by molar-refractivity contribution is 0.0951. The lowest BCUT2D eigenvalue weighted by Gasteiger charge is -2.02. The van der Waals surface area contributed by atoms with Crippen LogP contribution in [0.5, 0.6) is 0 Å². The molecule has 0 aromatic carbocycles. The van der Waals surface area contributed by atoms with E-state index in [4.69, 9.17) is 5.73 Å². The number of amides is 1. The Kier molecular flexibility index (Phi) is 3.33. The van der Waals surface area contributed by atoms with Gasteiger partial charge < -0.3 is 11.1 Å². The Bertz CT molecular complexity index is 567. The van der Waals surface area contributed by atoms with E-state index >= 15 is 0 Å². The minimum Gasteiger partial charge on any atom is -0.383 e. The summed E-state index contributed by atoms with van der Waals surface area (Å²) in [5.74, 6) is 0.130. The Hall–Kier alpha value is -1.89. The molecule has 0 radical (unpaired) electrons. The highest BCUT2D eigenvalue weighted by molar-refractivity contribution is 7.11. The first-order chi connectivity index (χ1) is 8.49. The molecule has 0 atom stereocenters. The minimum absolute atomic E-state index is 0.230. The molecule has 2 aromatic heterocycles. The van der Waals surface area contributed by atoms with Crippen LogP contribution in [0.25, 0.3) is 0 Å². The average Bonchev–Trinajstić information content (AvgIpc) is 2.82. The maximum Gasteiger partial charge on any atom is 0.257 e. The van der Waals surface area contributed by atoms with Gasteiger partial charge in [0.25, 0.3) is 5.91 Å². The number of carbonyl (C=O) groups excluding carboxylic acids is 1. The van der Waals surface area contributed by atoms with Gasteiger partial charge in [-0.05, 0) is 13.8 Å². The van der Waals surface area contributed by atoms with Gasteiger partial charge in [-0.1, -0.05) is 0 Å². The van der Waals surface area contributed by atoms with Gasteiger partial charge in [-0.25, -0.2) is 4.98 Å². The first-order valence-electron chi connectivity index (χ1n) is 5.47. The average molecular weight is 265 g/mol. The lowest BCUT2D eigenvalue weighted by Crippen LogP contribution is -2.23. The Morgan fingerprint density at radius 3 is 2.78 bits per heavy atom.